The molecule has 0 aromatic heterocycles. The van der Waals surface area contributed by atoms with Crippen molar-refractivity contribution >= 4 is 35.0 Å². The molecular weight excluding hydrogens is 514 g/mol. The van der Waals surface area contributed by atoms with Crippen LogP contribution in [0.1, 0.15) is 29.9 Å². The molecule has 0 aliphatic carbocycles. The number of para-hydroxylation sites is 2. The predicted octanol–water partition coefficient (Wildman–Crippen LogP) is 5.03. The first-order valence-electron chi connectivity index (χ1n) is 13.4. The highest BCUT2D eigenvalue weighted by Crippen LogP contribution is 2.36. The summed E-state index contributed by atoms with van der Waals surface area (Å²) in [6.07, 6.45) is 4.95. The molecule has 0 radical (unpaired) electrons. The summed E-state index contributed by atoms with van der Waals surface area (Å²) in [7, 11) is 0. The number of amides is 2. The Morgan fingerprint density at radius 1 is 0.925 bits per heavy atom. The fourth-order valence-electron chi connectivity index (χ4n) is 5.41. The van der Waals surface area contributed by atoms with E-state index in [9.17, 15) is 18.4 Å². The van der Waals surface area contributed by atoms with Crippen LogP contribution < -0.4 is 16.4 Å². The number of rotatable bonds is 7. The first-order valence-corrected chi connectivity index (χ1v) is 13.4. The molecule has 3 aromatic rings. The van der Waals surface area contributed by atoms with Crippen LogP contribution in [-0.4, -0.2) is 49.1 Å². The highest BCUT2D eigenvalue weighted by Gasteiger charge is 2.41. The zero-order valence-corrected chi connectivity index (χ0v) is 22.0. The summed E-state index contributed by atoms with van der Waals surface area (Å²) in [5.41, 5.74) is 8.69. The van der Waals surface area contributed by atoms with Gasteiger partial charge in [0.05, 0.1) is 23.0 Å². The van der Waals surface area contributed by atoms with Gasteiger partial charge in [-0.05, 0) is 54.3 Å². The number of hydrogen-bond acceptors (Lipinski definition) is 5. The van der Waals surface area contributed by atoms with Gasteiger partial charge in [0.15, 0.2) is 0 Å². The van der Waals surface area contributed by atoms with Crippen LogP contribution in [0.5, 0.6) is 0 Å². The van der Waals surface area contributed by atoms with E-state index in [2.05, 4.69) is 15.5 Å². The third-order valence-corrected chi connectivity index (χ3v) is 7.59. The van der Waals surface area contributed by atoms with E-state index in [0.29, 0.717) is 43.7 Å². The number of ether oxygens (including phenoxy) is 1. The molecule has 2 heterocycles. The Hall–Kier alpha value is -4.08. The van der Waals surface area contributed by atoms with Crippen LogP contribution in [0.15, 0.2) is 72.8 Å². The average molecular weight is 547 g/mol. The van der Waals surface area contributed by atoms with E-state index in [1.807, 2.05) is 24.3 Å². The summed E-state index contributed by atoms with van der Waals surface area (Å²) in [6.45, 7) is 2.60. The van der Waals surface area contributed by atoms with Crippen molar-refractivity contribution in [1.82, 2.24) is 4.90 Å². The van der Waals surface area contributed by atoms with E-state index in [4.69, 9.17) is 10.5 Å². The Bertz CT molecular complexity index is 1390. The van der Waals surface area contributed by atoms with Crippen molar-refractivity contribution < 1.29 is 23.1 Å². The van der Waals surface area contributed by atoms with Gasteiger partial charge in [0.1, 0.15) is 11.6 Å². The molecule has 4 N–H and O–H groups in total. The van der Waals surface area contributed by atoms with Crippen molar-refractivity contribution in [2.75, 3.05) is 42.7 Å². The second-order valence-electron chi connectivity index (χ2n) is 10.2. The quantitative estimate of drug-likeness (QED) is 0.285. The van der Waals surface area contributed by atoms with Crippen molar-refractivity contribution in [3.05, 3.63) is 95.6 Å². The van der Waals surface area contributed by atoms with Crippen LogP contribution in [0.3, 0.4) is 0 Å². The number of carbonyl (C=O) groups excluding carboxylic acids is 2. The summed E-state index contributed by atoms with van der Waals surface area (Å²) in [4.78, 5) is 28.1. The number of nitrogens with zero attached hydrogens (tertiary/aromatic N) is 1. The topological polar surface area (TPSA) is 96.7 Å². The minimum atomic E-state index is -0.806. The molecule has 2 fully saturated rings. The third kappa shape index (κ3) is 6.55. The van der Waals surface area contributed by atoms with Gasteiger partial charge in [0.2, 0.25) is 11.8 Å². The molecule has 2 aliphatic heterocycles. The lowest BCUT2D eigenvalue weighted by Crippen LogP contribution is -2.38. The average Bonchev–Trinajstić information content (AvgIpc) is 3.41. The molecule has 0 bridgehead atoms. The molecule has 2 unspecified atom stereocenters. The van der Waals surface area contributed by atoms with E-state index in [1.54, 1.807) is 30.3 Å². The normalized spacial score (nSPS) is 20.1. The summed E-state index contributed by atoms with van der Waals surface area (Å²) in [5, 5.41) is 5.43. The predicted molar refractivity (Wildman–Crippen MR) is 152 cm³/mol. The molecule has 9 heteroatoms. The monoisotopic (exact) mass is 546 g/mol. The Labute approximate surface area is 232 Å². The standard InChI is InChI=1S/C31H32F2N4O3/c32-22-10-11-28(26(33)17-22)36-31(39)25-19-37(23-13-15-40-16-14-23)18-24(25)21-8-5-20(6-9-21)7-12-30(38)35-29-4-2-1-3-27(29)34/h1-12,17,23-25H,13-16,18-19,34H2,(H,35,38)(H,36,39)/b12-7+. The fourth-order valence-corrected chi connectivity index (χ4v) is 5.41. The fraction of sp³-hybridized carbons (Fsp3) is 0.290. The van der Waals surface area contributed by atoms with Gasteiger partial charge in [0, 0.05) is 50.4 Å². The Kier molecular flexibility index (Phi) is 8.52. The number of nitrogens with two attached hydrogens (primary N) is 1. The number of anilines is 3. The van der Waals surface area contributed by atoms with Crippen LogP contribution in [0, 0.1) is 17.6 Å². The number of nitrogens with one attached hydrogen (secondary N) is 2. The summed E-state index contributed by atoms with van der Waals surface area (Å²) in [6, 6.07) is 18.2. The molecule has 2 atom stereocenters. The van der Waals surface area contributed by atoms with Gasteiger partial charge in [-0.2, -0.15) is 0 Å². The van der Waals surface area contributed by atoms with Crippen LogP contribution in [0.4, 0.5) is 25.8 Å². The van der Waals surface area contributed by atoms with Crippen molar-refractivity contribution in [1.29, 1.82) is 0 Å². The lowest BCUT2D eigenvalue weighted by atomic mass is 9.88. The maximum absolute atomic E-state index is 14.3. The van der Waals surface area contributed by atoms with Gasteiger partial charge in [-0.3, -0.25) is 14.5 Å². The molecular formula is C31H32F2N4O3. The maximum Gasteiger partial charge on any atom is 0.248 e. The smallest absolute Gasteiger partial charge is 0.248 e. The molecule has 208 valence electrons. The number of likely N-dealkylation sites (tertiary alicyclic amines) is 1. The molecule has 2 aliphatic rings. The SMILES string of the molecule is Nc1ccccc1NC(=O)/C=C/c1ccc(C2CN(C3CCOCC3)CC2C(=O)Nc2ccc(F)cc2F)cc1. The van der Waals surface area contributed by atoms with Crippen LogP contribution in [0.2, 0.25) is 0 Å². The summed E-state index contributed by atoms with van der Waals surface area (Å²) in [5.74, 6) is -2.64. The second kappa shape index (κ2) is 12.4. The van der Waals surface area contributed by atoms with Crippen molar-refractivity contribution in [2.24, 2.45) is 5.92 Å². The van der Waals surface area contributed by atoms with E-state index in [-0.39, 0.29) is 23.4 Å². The molecule has 7 nitrogen and oxygen atoms in total. The highest BCUT2D eigenvalue weighted by atomic mass is 19.1. The number of nitrogen functional groups attached to an aromatic ring is 1. The van der Waals surface area contributed by atoms with Gasteiger partial charge in [-0.15, -0.1) is 0 Å². The van der Waals surface area contributed by atoms with Gasteiger partial charge in [-0.1, -0.05) is 36.4 Å². The number of carbonyl (C=O) groups is 2. The lowest BCUT2D eigenvalue weighted by Gasteiger charge is -2.31. The van der Waals surface area contributed by atoms with Crippen LogP contribution in [0.25, 0.3) is 6.08 Å². The van der Waals surface area contributed by atoms with E-state index in [0.717, 1.165) is 36.1 Å². The van der Waals surface area contributed by atoms with Gasteiger partial charge in [-0.25, -0.2) is 8.78 Å². The van der Waals surface area contributed by atoms with E-state index < -0.39 is 17.6 Å². The minimum absolute atomic E-state index is 0.0364. The van der Waals surface area contributed by atoms with E-state index in [1.165, 1.54) is 12.1 Å². The number of benzene rings is 3. The number of hydrogen-bond donors (Lipinski definition) is 3. The van der Waals surface area contributed by atoms with Gasteiger partial charge in [0.25, 0.3) is 0 Å². The summed E-state index contributed by atoms with van der Waals surface area (Å²) >= 11 is 0. The Morgan fingerprint density at radius 2 is 1.68 bits per heavy atom. The van der Waals surface area contributed by atoms with Crippen LogP contribution >= 0.6 is 0 Å². The lowest BCUT2D eigenvalue weighted by molar-refractivity contribution is -0.120. The van der Waals surface area contributed by atoms with Crippen molar-refractivity contribution in [3.63, 3.8) is 0 Å². The first kappa shape index (κ1) is 27.5. The summed E-state index contributed by atoms with van der Waals surface area (Å²) < 4.78 is 33.2. The van der Waals surface area contributed by atoms with Crippen molar-refractivity contribution in [2.45, 2.75) is 24.8 Å². The zero-order chi connectivity index (χ0) is 28.1. The third-order valence-electron chi connectivity index (χ3n) is 7.59. The van der Waals surface area contributed by atoms with Gasteiger partial charge >= 0.3 is 0 Å². The molecule has 40 heavy (non-hydrogen) atoms. The molecule has 0 saturated carbocycles. The minimum Gasteiger partial charge on any atom is -0.397 e. The Balaban J connectivity index is 1.30. The number of halogens is 2. The molecule has 3 aromatic carbocycles. The zero-order valence-electron chi connectivity index (χ0n) is 22.0. The molecule has 0 spiro atoms. The Morgan fingerprint density at radius 3 is 2.40 bits per heavy atom. The first-order chi connectivity index (χ1) is 19.4. The molecule has 2 saturated heterocycles. The van der Waals surface area contributed by atoms with E-state index >= 15 is 0 Å². The van der Waals surface area contributed by atoms with Crippen molar-refractivity contribution in [3.8, 4) is 0 Å². The molecule has 2 amide bonds. The van der Waals surface area contributed by atoms with Gasteiger partial charge < -0.3 is 21.1 Å². The van der Waals surface area contributed by atoms with Crippen LogP contribution in [-0.2, 0) is 14.3 Å². The second-order valence-corrected chi connectivity index (χ2v) is 10.2. The largest absolute Gasteiger partial charge is 0.397 e. The molecule has 5 rings (SSSR count). The highest BCUT2D eigenvalue weighted by molar-refractivity contribution is 6.03. The maximum atomic E-state index is 14.3.